The Labute approximate surface area is 121 Å². The third-order valence-corrected chi connectivity index (χ3v) is 2.69. The zero-order valence-corrected chi connectivity index (χ0v) is 13.1. The van der Waals surface area contributed by atoms with E-state index in [2.05, 4.69) is 34.5 Å². The number of hydrogen-bond donors (Lipinski definition) is 2. The molecular weight excluding hydrogens is 256 g/mol. The molecule has 0 aliphatic heterocycles. The largest absolute Gasteiger partial charge is 0.444 e. The summed E-state index contributed by atoms with van der Waals surface area (Å²) < 4.78 is 11.0. The zero-order valence-electron chi connectivity index (χ0n) is 13.1. The Balaban J connectivity index is 2.23. The number of guanidine groups is 1. The third kappa shape index (κ3) is 6.06. The van der Waals surface area contributed by atoms with E-state index in [1.807, 2.05) is 13.8 Å². The molecule has 0 amide bonds. The van der Waals surface area contributed by atoms with E-state index in [-0.39, 0.29) is 0 Å². The molecule has 0 aliphatic carbocycles. The van der Waals surface area contributed by atoms with Crippen molar-refractivity contribution in [3.63, 3.8) is 0 Å². The predicted molar refractivity (Wildman–Crippen MR) is 79.8 cm³/mol. The van der Waals surface area contributed by atoms with Gasteiger partial charge in [0.05, 0.1) is 18.8 Å². The van der Waals surface area contributed by atoms with Crippen LogP contribution in [0.1, 0.15) is 31.2 Å². The summed E-state index contributed by atoms with van der Waals surface area (Å²) in [7, 11) is 1.73. The normalized spacial score (nSPS) is 12.0. The second-order valence-corrected chi connectivity index (χ2v) is 5.07. The van der Waals surface area contributed by atoms with Gasteiger partial charge in [0, 0.05) is 20.2 Å². The Morgan fingerprint density at radius 2 is 2.10 bits per heavy atom. The summed E-state index contributed by atoms with van der Waals surface area (Å²) in [5, 5.41) is 6.33. The highest BCUT2D eigenvalue weighted by molar-refractivity contribution is 5.79. The summed E-state index contributed by atoms with van der Waals surface area (Å²) in [6, 6.07) is 0. The van der Waals surface area contributed by atoms with Crippen LogP contribution in [0.15, 0.2) is 9.41 Å². The van der Waals surface area contributed by atoms with Gasteiger partial charge in [0.25, 0.3) is 0 Å². The molecule has 1 rings (SSSR count). The van der Waals surface area contributed by atoms with Crippen molar-refractivity contribution in [3.8, 4) is 0 Å². The Hall–Kier alpha value is -1.56. The van der Waals surface area contributed by atoms with Crippen molar-refractivity contribution in [2.45, 2.75) is 34.2 Å². The monoisotopic (exact) mass is 282 g/mol. The molecule has 0 unspecified atom stereocenters. The van der Waals surface area contributed by atoms with E-state index in [1.165, 1.54) is 0 Å². The van der Waals surface area contributed by atoms with E-state index < -0.39 is 0 Å². The van der Waals surface area contributed by atoms with Gasteiger partial charge < -0.3 is 19.8 Å². The fourth-order valence-corrected chi connectivity index (χ4v) is 1.56. The van der Waals surface area contributed by atoms with Crippen molar-refractivity contribution < 1.29 is 9.15 Å². The van der Waals surface area contributed by atoms with Gasteiger partial charge in [-0.2, -0.15) is 0 Å². The van der Waals surface area contributed by atoms with Gasteiger partial charge >= 0.3 is 0 Å². The van der Waals surface area contributed by atoms with Gasteiger partial charge in [0.1, 0.15) is 5.76 Å². The lowest BCUT2D eigenvalue weighted by atomic mass is 10.2. The molecule has 2 N–H and O–H groups in total. The molecule has 0 saturated carbocycles. The van der Waals surface area contributed by atoms with Crippen LogP contribution in [0, 0.1) is 19.8 Å². The van der Waals surface area contributed by atoms with Gasteiger partial charge in [-0.15, -0.1) is 0 Å². The minimum atomic E-state index is 0.515. The van der Waals surface area contributed by atoms with Gasteiger partial charge in [0.15, 0.2) is 5.96 Å². The number of aryl methyl sites for hydroxylation is 2. The fraction of sp³-hybridized carbons (Fsp3) is 0.714. The van der Waals surface area contributed by atoms with Crippen LogP contribution in [0.5, 0.6) is 0 Å². The average Bonchev–Trinajstić information content (AvgIpc) is 2.71. The molecule has 6 heteroatoms. The van der Waals surface area contributed by atoms with Crippen LogP contribution in [-0.4, -0.2) is 37.7 Å². The molecule has 6 nitrogen and oxygen atoms in total. The maximum Gasteiger partial charge on any atom is 0.214 e. The minimum Gasteiger partial charge on any atom is -0.444 e. The van der Waals surface area contributed by atoms with E-state index in [1.54, 1.807) is 7.05 Å². The van der Waals surface area contributed by atoms with Gasteiger partial charge in [-0.1, -0.05) is 13.8 Å². The fourth-order valence-electron chi connectivity index (χ4n) is 1.56. The molecular formula is C14H26N4O2. The van der Waals surface area contributed by atoms with Crippen molar-refractivity contribution in [1.82, 2.24) is 15.6 Å². The predicted octanol–water partition coefficient (Wildman–Crippen LogP) is 1.63. The van der Waals surface area contributed by atoms with Crippen molar-refractivity contribution in [2.24, 2.45) is 10.9 Å². The lowest BCUT2D eigenvalue weighted by Gasteiger charge is -2.11. The summed E-state index contributed by atoms with van der Waals surface area (Å²) >= 11 is 0. The van der Waals surface area contributed by atoms with Crippen molar-refractivity contribution >= 4 is 5.96 Å². The Morgan fingerprint density at radius 1 is 1.35 bits per heavy atom. The number of oxazole rings is 1. The first kappa shape index (κ1) is 16.5. The van der Waals surface area contributed by atoms with Crippen LogP contribution >= 0.6 is 0 Å². The first-order valence-electron chi connectivity index (χ1n) is 6.98. The molecule has 0 aromatic carbocycles. The molecule has 1 heterocycles. The van der Waals surface area contributed by atoms with Gasteiger partial charge in [-0.25, -0.2) is 4.98 Å². The Kier molecular flexibility index (Phi) is 7.08. The summed E-state index contributed by atoms with van der Waals surface area (Å²) in [5.41, 5.74) is 0.923. The molecule has 0 radical (unpaired) electrons. The highest BCUT2D eigenvalue weighted by atomic mass is 16.5. The number of aliphatic imine (C=N–C) groups is 1. The van der Waals surface area contributed by atoms with Crippen LogP contribution in [0.2, 0.25) is 0 Å². The van der Waals surface area contributed by atoms with Gasteiger partial charge in [-0.05, 0) is 19.8 Å². The highest BCUT2D eigenvalue weighted by Gasteiger charge is 2.06. The molecule has 0 saturated heterocycles. The van der Waals surface area contributed by atoms with Crippen molar-refractivity contribution in [3.05, 3.63) is 17.3 Å². The van der Waals surface area contributed by atoms with E-state index in [9.17, 15) is 0 Å². The summed E-state index contributed by atoms with van der Waals surface area (Å²) in [5.74, 6) is 2.79. The molecule has 0 atom stereocenters. The first-order valence-corrected chi connectivity index (χ1v) is 6.98. The molecule has 0 bridgehead atoms. The molecule has 0 spiro atoms. The van der Waals surface area contributed by atoms with Crippen LogP contribution < -0.4 is 10.6 Å². The topological polar surface area (TPSA) is 71.7 Å². The van der Waals surface area contributed by atoms with E-state index >= 15 is 0 Å². The second-order valence-electron chi connectivity index (χ2n) is 5.07. The standard InChI is InChI=1S/C14H26N4O2/c1-10(2)9-19-7-6-16-14(15-5)17-8-13-18-11(3)12(4)20-13/h10H,6-9H2,1-5H3,(H2,15,16,17). The molecule has 0 aliphatic rings. The smallest absolute Gasteiger partial charge is 0.214 e. The molecule has 1 aromatic heterocycles. The number of hydrogen-bond acceptors (Lipinski definition) is 4. The maximum absolute atomic E-state index is 5.50. The van der Waals surface area contributed by atoms with Crippen molar-refractivity contribution in [2.75, 3.05) is 26.8 Å². The SMILES string of the molecule is CN=C(NCCOCC(C)C)NCc1nc(C)c(C)o1. The first-order chi connectivity index (χ1) is 9.52. The average molecular weight is 282 g/mol. The minimum absolute atomic E-state index is 0.515. The van der Waals surface area contributed by atoms with Gasteiger partial charge in [-0.3, -0.25) is 4.99 Å². The van der Waals surface area contributed by atoms with E-state index in [4.69, 9.17) is 9.15 Å². The quantitative estimate of drug-likeness (QED) is 0.452. The van der Waals surface area contributed by atoms with Gasteiger partial charge in [0.2, 0.25) is 5.89 Å². The van der Waals surface area contributed by atoms with Crippen LogP contribution in [0.25, 0.3) is 0 Å². The number of aromatic nitrogens is 1. The summed E-state index contributed by atoms with van der Waals surface area (Å²) in [6.45, 7) is 10.8. The number of rotatable bonds is 7. The van der Waals surface area contributed by atoms with E-state index in [0.29, 0.717) is 30.9 Å². The third-order valence-electron chi connectivity index (χ3n) is 2.69. The maximum atomic E-state index is 5.50. The molecule has 20 heavy (non-hydrogen) atoms. The Bertz CT molecular complexity index is 407. The molecule has 0 fully saturated rings. The number of ether oxygens (including phenoxy) is 1. The summed E-state index contributed by atoms with van der Waals surface area (Å²) in [4.78, 5) is 8.44. The molecule has 114 valence electrons. The number of nitrogens with one attached hydrogen (secondary N) is 2. The van der Waals surface area contributed by atoms with Crippen LogP contribution in [0.3, 0.4) is 0 Å². The lowest BCUT2D eigenvalue weighted by molar-refractivity contribution is 0.114. The van der Waals surface area contributed by atoms with Crippen LogP contribution in [0.4, 0.5) is 0 Å². The number of nitrogens with zero attached hydrogens (tertiary/aromatic N) is 2. The zero-order chi connectivity index (χ0) is 15.0. The second kappa shape index (κ2) is 8.58. The van der Waals surface area contributed by atoms with E-state index in [0.717, 1.165) is 24.6 Å². The lowest BCUT2D eigenvalue weighted by Crippen LogP contribution is -2.38. The van der Waals surface area contributed by atoms with Crippen molar-refractivity contribution in [1.29, 1.82) is 0 Å². The Morgan fingerprint density at radius 3 is 2.65 bits per heavy atom. The summed E-state index contributed by atoms with van der Waals surface area (Å²) in [6.07, 6.45) is 0. The highest BCUT2D eigenvalue weighted by Crippen LogP contribution is 2.07. The molecule has 1 aromatic rings. The van der Waals surface area contributed by atoms with Crippen LogP contribution in [-0.2, 0) is 11.3 Å².